The number of nitrogens with zero attached hydrogens (tertiary/aromatic N) is 2. The molecule has 7 nitrogen and oxygen atoms in total. The second-order valence-electron chi connectivity index (χ2n) is 5.24. The Hall–Kier alpha value is -2.90. The lowest BCUT2D eigenvalue weighted by Crippen LogP contribution is -2.32. The van der Waals surface area contributed by atoms with Gasteiger partial charge >= 0.3 is 0 Å². The first-order valence-corrected chi connectivity index (χ1v) is 8.05. The van der Waals surface area contributed by atoms with E-state index in [-0.39, 0.29) is 18.3 Å². The first-order chi connectivity index (χ1) is 12.1. The monoisotopic (exact) mass is 347 g/mol. The second kappa shape index (κ2) is 9.41. The Morgan fingerprint density at radius 3 is 2.48 bits per heavy atom. The highest BCUT2D eigenvalue weighted by Gasteiger charge is 2.04. The lowest BCUT2D eigenvalue weighted by Gasteiger charge is -2.10. The van der Waals surface area contributed by atoms with E-state index in [9.17, 15) is 9.18 Å². The normalized spacial score (nSPS) is 10.2. The Kier molecular flexibility index (Phi) is 6.94. The molecule has 3 N–H and O–H groups in total. The number of aryl methyl sites for hydroxylation is 1. The Bertz CT molecular complexity index is 694. The summed E-state index contributed by atoms with van der Waals surface area (Å²) < 4.78 is 18.0. The Morgan fingerprint density at radius 2 is 1.80 bits per heavy atom. The molecule has 25 heavy (non-hydrogen) atoms. The van der Waals surface area contributed by atoms with Crippen molar-refractivity contribution >= 4 is 17.5 Å². The number of benzene rings is 1. The number of aromatic nitrogens is 2. The highest BCUT2D eigenvalue weighted by atomic mass is 19.1. The third kappa shape index (κ3) is 6.62. The minimum absolute atomic E-state index is 0.122. The van der Waals surface area contributed by atoms with Crippen LogP contribution in [0.25, 0.3) is 0 Å². The van der Waals surface area contributed by atoms with E-state index in [1.54, 1.807) is 0 Å². The molecule has 0 atom stereocenters. The van der Waals surface area contributed by atoms with Gasteiger partial charge in [0, 0.05) is 25.7 Å². The van der Waals surface area contributed by atoms with E-state index < -0.39 is 0 Å². The number of hydrogen-bond acceptors (Lipinski definition) is 6. The summed E-state index contributed by atoms with van der Waals surface area (Å²) >= 11 is 0. The topological polar surface area (TPSA) is 88.2 Å². The van der Waals surface area contributed by atoms with Crippen LogP contribution in [0.4, 0.5) is 16.0 Å². The molecule has 1 amide bonds. The van der Waals surface area contributed by atoms with Crippen LogP contribution in [0.3, 0.4) is 0 Å². The van der Waals surface area contributed by atoms with Gasteiger partial charge in [0.15, 0.2) is 6.61 Å². The lowest BCUT2D eigenvalue weighted by atomic mass is 10.3. The first-order valence-electron chi connectivity index (χ1n) is 8.05. The van der Waals surface area contributed by atoms with Gasteiger partial charge < -0.3 is 20.7 Å². The van der Waals surface area contributed by atoms with Crippen LogP contribution in [0, 0.1) is 12.7 Å². The smallest absolute Gasteiger partial charge is 0.258 e. The fraction of sp³-hybridized carbons (Fsp3) is 0.353. The molecular formula is C17H22FN5O2. The molecule has 0 saturated heterocycles. The van der Waals surface area contributed by atoms with Gasteiger partial charge in [-0.3, -0.25) is 4.79 Å². The summed E-state index contributed by atoms with van der Waals surface area (Å²) in [6, 6.07) is 7.33. The van der Waals surface area contributed by atoms with Crippen molar-refractivity contribution in [3.8, 4) is 5.75 Å². The summed E-state index contributed by atoms with van der Waals surface area (Å²) in [5, 5.41) is 8.99. The molecule has 1 heterocycles. The number of rotatable bonds is 9. The zero-order valence-corrected chi connectivity index (χ0v) is 14.3. The summed E-state index contributed by atoms with van der Waals surface area (Å²) in [5.74, 6) is 1.97. The van der Waals surface area contributed by atoms with Crippen LogP contribution in [0.5, 0.6) is 5.75 Å². The molecule has 2 rings (SSSR count). The van der Waals surface area contributed by atoms with Crippen LogP contribution in [0.2, 0.25) is 0 Å². The van der Waals surface area contributed by atoms with E-state index in [0.29, 0.717) is 30.5 Å². The molecule has 1 aromatic heterocycles. The summed E-state index contributed by atoms with van der Waals surface area (Å²) in [7, 11) is 0. The highest BCUT2D eigenvalue weighted by molar-refractivity contribution is 5.77. The molecule has 0 unspecified atom stereocenters. The maximum Gasteiger partial charge on any atom is 0.258 e. The summed E-state index contributed by atoms with van der Waals surface area (Å²) in [6.07, 6.45) is 0. The quantitative estimate of drug-likeness (QED) is 0.601. The van der Waals surface area contributed by atoms with E-state index >= 15 is 0 Å². The van der Waals surface area contributed by atoms with Gasteiger partial charge in [0.1, 0.15) is 29.0 Å². The van der Waals surface area contributed by atoms with Crippen LogP contribution in [0.15, 0.2) is 30.3 Å². The van der Waals surface area contributed by atoms with E-state index in [4.69, 9.17) is 4.74 Å². The summed E-state index contributed by atoms with van der Waals surface area (Å²) in [5.41, 5.74) is 0. The van der Waals surface area contributed by atoms with Crippen molar-refractivity contribution < 1.29 is 13.9 Å². The van der Waals surface area contributed by atoms with Crippen molar-refractivity contribution in [2.75, 3.05) is 36.9 Å². The fourth-order valence-electron chi connectivity index (χ4n) is 2.05. The van der Waals surface area contributed by atoms with Crippen LogP contribution < -0.4 is 20.7 Å². The molecule has 134 valence electrons. The van der Waals surface area contributed by atoms with Crippen molar-refractivity contribution in [1.82, 2.24) is 15.3 Å². The second-order valence-corrected chi connectivity index (χ2v) is 5.24. The molecule has 8 heteroatoms. The molecule has 0 bridgehead atoms. The zero-order chi connectivity index (χ0) is 18.1. The standard InChI is InChI=1S/C17H22FN5O2/c1-3-19-15-10-16(23-12(2)22-15)20-8-9-21-17(24)11-25-14-6-4-13(18)5-7-14/h4-7,10H,3,8-9,11H2,1-2H3,(H,21,24)(H2,19,20,22,23). The SMILES string of the molecule is CCNc1cc(NCCNC(=O)COc2ccc(F)cc2)nc(C)n1. The van der Waals surface area contributed by atoms with E-state index in [2.05, 4.69) is 25.9 Å². The molecule has 0 radical (unpaired) electrons. The number of nitrogens with one attached hydrogen (secondary N) is 3. The Labute approximate surface area is 146 Å². The van der Waals surface area contributed by atoms with Gasteiger partial charge in [-0.15, -0.1) is 0 Å². The van der Waals surface area contributed by atoms with Crippen LogP contribution >= 0.6 is 0 Å². The maximum atomic E-state index is 12.8. The third-order valence-electron chi connectivity index (χ3n) is 3.13. The van der Waals surface area contributed by atoms with Crippen LogP contribution in [-0.4, -0.2) is 42.1 Å². The van der Waals surface area contributed by atoms with Crippen molar-refractivity contribution in [2.45, 2.75) is 13.8 Å². The molecular weight excluding hydrogens is 325 g/mol. The van der Waals surface area contributed by atoms with E-state index in [1.807, 2.05) is 19.9 Å². The largest absolute Gasteiger partial charge is 0.484 e. The average molecular weight is 347 g/mol. The van der Waals surface area contributed by atoms with Crippen molar-refractivity contribution in [2.24, 2.45) is 0 Å². The number of carbonyl (C=O) groups is 1. The minimum atomic E-state index is -0.347. The average Bonchev–Trinajstić information content (AvgIpc) is 2.58. The molecule has 2 aromatic rings. The number of anilines is 2. The molecule has 0 saturated carbocycles. The molecule has 0 aliphatic rings. The van der Waals surface area contributed by atoms with Gasteiger partial charge in [-0.2, -0.15) is 0 Å². The molecule has 0 aliphatic heterocycles. The van der Waals surface area contributed by atoms with Crippen molar-refractivity contribution in [3.63, 3.8) is 0 Å². The number of ether oxygens (including phenoxy) is 1. The fourth-order valence-corrected chi connectivity index (χ4v) is 2.05. The van der Waals surface area contributed by atoms with Gasteiger partial charge in [0.2, 0.25) is 0 Å². The van der Waals surface area contributed by atoms with Crippen LogP contribution in [0.1, 0.15) is 12.7 Å². The van der Waals surface area contributed by atoms with Gasteiger partial charge in [0.05, 0.1) is 0 Å². The number of amides is 1. The molecule has 0 spiro atoms. The van der Waals surface area contributed by atoms with Crippen molar-refractivity contribution in [3.05, 3.63) is 42.0 Å². The van der Waals surface area contributed by atoms with E-state index in [1.165, 1.54) is 24.3 Å². The third-order valence-corrected chi connectivity index (χ3v) is 3.13. The van der Waals surface area contributed by atoms with Gasteiger partial charge in [0.25, 0.3) is 5.91 Å². The summed E-state index contributed by atoms with van der Waals surface area (Å²) in [6.45, 7) is 5.41. The number of hydrogen-bond donors (Lipinski definition) is 3. The molecule has 0 aliphatic carbocycles. The Morgan fingerprint density at radius 1 is 1.12 bits per heavy atom. The summed E-state index contributed by atoms with van der Waals surface area (Å²) in [4.78, 5) is 20.3. The predicted molar refractivity (Wildman–Crippen MR) is 94.3 cm³/mol. The first kappa shape index (κ1) is 18.4. The zero-order valence-electron chi connectivity index (χ0n) is 14.3. The van der Waals surface area contributed by atoms with Gasteiger partial charge in [-0.05, 0) is 38.1 Å². The highest BCUT2D eigenvalue weighted by Crippen LogP contribution is 2.11. The number of carbonyl (C=O) groups excluding carboxylic acids is 1. The van der Waals surface area contributed by atoms with E-state index in [0.717, 1.165) is 12.4 Å². The van der Waals surface area contributed by atoms with Crippen LogP contribution in [-0.2, 0) is 4.79 Å². The van der Waals surface area contributed by atoms with Crippen molar-refractivity contribution in [1.29, 1.82) is 0 Å². The number of halogens is 1. The Balaban J connectivity index is 1.68. The van der Waals surface area contributed by atoms with Gasteiger partial charge in [-0.1, -0.05) is 0 Å². The lowest BCUT2D eigenvalue weighted by molar-refractivity contribution is -0.123. The minimum Gasteiger partial charge on any atom is -0.484 e. The van der Waals surface area contributed by atoms with Gasteiger partial charge in [-0.25, -0.2) is 14.4 Å². The predicted octanol–water partition coefficient (Wildman–Crippen LogP) is 1.96. The molecule has 1 aromatic carbocycles. The maximum absolute atomic E-state index is 12.8. The molecule has 0 fully saturated rings.